The summed E-state index contributed by atoms with van der Waals surface area (Å²) < 4.78 is 18.3. The maximum Gasteiger partial charge on any atom is 0.288 e. The van der Waals surface area contributed by atoms with Gasteiger partial charge in [0.15, 0.2) is 11.5 Å². The smallest absolute Gasteiger partial charge is 0.288 e. The minimum atomic E-state index is 0.237. The molecule has 2 aliphatic heterocycles. The lowest BCUT2D eigenvalue weighted by molar-refractivity contribution is 0.174. The van der Waals surface area contributed by atoms with Crippen molar-refractivity contribution in [2.75, 3.05) is 13.3 Å². The summed E-state index contributed by atoms with van der Waals surface area (Å²) in [5, 5.41) is 4.59. The second-order valence-corrected chi connectivity index (χ2v) is 6.99. The van der Waals surface area contributed by atoms with Crippen LogP contribution < -0.4 is 9.47 Å². The van der Waals surface area contributed by atoms with E-state index in [1.165, 1.54) is 5.56 Å². The van der Waals surface area contributed by atoms with Gasteiger partial charge in [0.05, 0.1) is 6.67 Å². The Kier molecular flexibility index (Phi) is 4.14. The Hall–Kier alpha value is -2.71. The fourth-order valence-corrected chi connectivity index (χ4v) is 3.84. The molecule has 1 aromatic carbocycles. The molecule has 0 spiro atoms. The van der Waals surface area contributed by atoms with Crippen LogP contribution in [0.15, 0.2) is 47.1 Å². The lowest BCUT2D eigenvalue weighted by atomic mass is 10.1. The minimum Gasteiger partial charge on any atom is -0.454 e. The third-order valence-electron chi connectivity index (χ3n) is 4.97. The van der Waals surface area contributed by atoms with E-state index < -0.39 is 0 Å². The van der Waals surface area contributed by atoms with Crippen LogP contribution in [0, 0.1) is 4.84 Å². The third kappa shape index (κ3) is 3.11. The van der Waals surface area contributed by atoms with Crippen LogP contribution in [0.4, 0.5) is 0 Å². The van der Waals surface area contributed by atoms with Crippen LogP contribution in [-0.2, 0) is 6.67 Å². The molecule has 0 saturated carbocycles. The predicted octanol–water partition coefficient (Wildman–Crippen LogP) is 3.79. The minimum absolute atomic E-state index is 0.237. The van der Waals surface area contributed by atoms with Crippen molar-refractivity contribution in [3.63, 3.8) is 0 Å². The molecule has 0 amide bonds. The van der Waals surface area contributed by atoms with Crippen molar-refractivity contribution in [1.29, 1.82) is 0 Å². The highest BCUT2D eigenvalue weighted by molar-refractivity contribution is 7.71. The zero-order chi connectivity index (χ0) is 18.2. The van der Waals surface area contributed by atoms with Gasteiger partial charge < -0.3 is 13.9 Å². The molecule has 0 radical (unpaired) electrons. The maximum absolute atomic E-state index is 5.74. The van der Waals surface area contributed by atoms with E-state index in [2.05, 4.69) is 21.0 Å². The Labute approximate surface area is 161 Å². The lowest BCUT2D eigenvalue weighted by Gasteiger charge is -2.23. The van der Waals surface area contributed by atoms with Gasteiger partial charge in [-0.1, -0.05) is 6.07 Å². The zero-order valence-corrected chi connectivity index (χ0v) is 15.4. The number of hydrogen-bond donors (Lipinski definition) is 0. The van der Waals surface area contributed by atoms with E-state index in [0.717, 1.165) is 30.7 Å². The quantitative estimate of drug-likeness (QED) is 0.636. The number of likely N-dealkylation sites (tertiary alicyclic amines) is 1. The Morgan fingerprint density at radius 1 is 1.19 bits per heavy atom. The molecule has 1 saturated heterocycles. The number of nitrogens with zero attached hydrogens (tertiary/aromatic N) is 4. The van der Waals surface area contributed by atoms with Gasteiger partial charge in [-0.3, -0.25) is 9.88 Å². The number of rotatable bonds is 4. The molecule has 3 aromatic rings. The summed E-state index contributed by atoms with van der Waals surface area (Å²) in [6, 6.07) is 10.0. The van der Waals surface area contributed by atoms with E-state index in [-0.39, 0.29) is 6.79 Å². The van der Waals surface area contributed by atoms with Gasteiger partial charge in [-0.05, 0) is 54.9 Å². The van der Waals surface area contributed by atoms with E-state index >= 15 is 0 Å². The molecule has 0 aliphatic carbocycles. The molecule has 5 rings (SSSR count). The Morgan fingerprint density at radius 3 is 3.00 bits per heavy atom. The topological polar surface area (TPSA) is 65.6 Å². The van der Waals surface area contributed by atoms with Crippen LogP contribution in [0.5, 0.6) is 11.5 Å². The molecule has 1 fully saturated rings. The maximum atomic E-state index is 5.74. The fourth-order valence-electron chi connectivity index (χ4n) is 3.66. The average Bonchev–Trinajstić information content (AvgIpc) is 3.42. The molecular weight excluding hydrogens is 364 g/mol. The number of fused-ring (bicyclic) bond motifs is 1. The van der Waals surface area contributed by atoms with E-state index in [1.54, 1.807) is 10.9 Å². The van der Waals surface area contributed by atoms with Crippen molar-refractivity contribution in [2.45, 2.75) is 25.6 Å². The first-order valence-corrected chi connectivity index (χ1v) is 9.31. The SMILES string of the molecule is S=c1oc(-c2ccc3c(c2)OCO3)nn1CN1CCCC1c1cccnc1. The van der Waals surface area contributed by atoms with Crippen LogP contribution >= 0.6 is 12.2 Å². The molecule has 1 unspecified atom stereocenters. The highest BCUT2D eigenvalue weighted by Crippen LogP contribution is 2.36. The molecule has 0 bridgehead atoms. The standard InChI is InChI=1S/C19H18N4O3S/c27-19-23(11-22-8-2-4-15(22)14-3-1-7-20-10-14)21-18(26-19)13-5-6-16-17(9-13)25-12-24-16/h1,3,5-7,9-10,15H,2,4,8,11-12H2. The molecule has 2 aliphatic rings. The molecule has 27 heavy (non-hydrogen) atoms. The van der Waals surface area contributed by atoms with Crippen LogP contribution in [0.25, 0.3) is 11.5 Å². The van der Waals surface area contributed by atoms with Crippen molar-refractivity contribution in [3.8, 4) is 23.0 Å². The van der Waals surface area contributed by atoms with Gasteiger partial charge in [0, 0.05) is 30.5 Å². The molecule has 138 valence electrons. The Morgan fingerprint density at radius 2 is 2.11 bits per heavy atom. The van der Waals surface area contributed by atoms with Gasteiger partial charge >= 0.3 is 0 Å². The van der Waals surface area contributed by atoms with E-state index in [4.69, 9.17) is 26.1 Å². The molecule has 4 heterocycles. The Bertz CT molecular complexity index is 1020. The number of ether oxygens (including phenoxy) is 2. The summed E-state index contributed by atoms with van der Waals surface area (Å²) in [5.41, 5.74) is 2.04. The van der Waals surface area contributed by atoms with E-state index in [0.29, 0.717) is 29.2 Å². The number of aromatic nitrogens is 3. The normalized spacial score (nSPS) is 18.9. The summed E-state index contributed by atoms with van der Waals surface area (Å²) in [7, 11) is 0. The summed E-state index contributed by atoms with van der Waals surface area (Å²) in [5.74, 6) is 1.91. The Balaban J connectivity index is 1.39. The molecular formula is C19H18N4O3S. The van der Waals surface area contributed by atoms with Crippen LogP contribution in [-0.4, -0.2) is 33.0 Å². The third-order valence-corrected chi connectivity index (χ3v) is 5.27. The fraction of sp³-hybridized carbons (Fsp3) is 0.316. The first-order chi connectivity index (χ1) is 13.3. The predicted molar refractivity (Wildman–Crippen MR) is 99.8 cm³/mol. The van der Waals surface area contributed by atoms with Crippen LogP contribution in [0.1, 0.15) is 24.4 Å². The number of hydrogen-bond acceptors (Lipinski definition) is 7. The van der Waals surface area contributed by atoms with Crippen molar-refractivity contribution < 1.29 is 13.9 Å². The first-order valence-electron chi connectivity index (χ1n) is 8.90. The molecule has 8 heteroatoms. The first kappa shape index (κ1) is 16.5. The molecule has 2 aromatic heterocycles. The van der Waals surface area contributed by atoms with Crippen molar-refractivity contribution in [3.05, 3.63) is 53.1 Å². The lowest BCUT2D eigenvalue weighted by Crippen LogP contribution is -2.26. The number of pyridine rings is 1. The van der Waals surface area contributed by atoms with Gasteiger partial charge in [0.2, 0.25) is 12.7 Å². The van der Waals surface area contributed by atoms with Crippen LogP contribution in [0.2, 0.25) is 0 Å². The van der Waals surface area contributed by atoms with Gasteiger partial charge in [-0.25, -0.2) is 4.68 Å². The summed E-state index contributed by atoms with van der Waals surface area (Å²) in [4.78, 5) is 6.97. The summed E-state index contributed by atoms with van der Waals surface area (Å²) in [6.45, 7) is 1.82. The van der Waals surface area contributed by atoms with Gasteiger partial charge in [0.25, 0.3) is 4.84 Å². The van der Waals surface area contributed by atoms with Crippen LogP contribution in [0.3, 0.4) is 0 Å². The monoisotopic (exact) mass is 382 g/mol. The van der Waals surface area contributed by atoms with E-state index in [9.17, 15) is 0 Å². The second-order valence-electron chi connectivity index (χ2n) is 6.64. The second kappa shape index (κ2) is 6.79. The zero-order valence-electron chi connectivity index (χ0n) is 14.6. The average molecular weight is 382 g/mol. The van der Waals surface area contributed by atoms with Crippen molar-refractivity contribution in [2.24, 2.45) is 0 Å². The van der Waals surface area contributed by atoms with Gasteiger partial charge in [-0.15, -0.1) is 5.10 Å². The molecule has 1 atom stereocenters. The van der Waals surface area contributed by atoms with Gasteiger partial charge in [-0.2, -0.15) is 0 Å². The highest BCUT2D eigenvalue weighted by Gasteiger charge is 2.27. The largest absolute Gasteiger partial charge is 0.454 e. The van der Waals surface area contributed by atoms with Crippen molar-refractivity contribution >= 4 is 12.2 Å². The molecule has 0 N–H and O–H groups in total. The number of benzene rings is 1. The summed E-state index contributed by atoms with van der Waals surface area (Å²) >= 11 is 5.40. The molecule has 7 nitrogen and oxygen atoms in total. The van der Waals surface area contributed by atoms with Gasteiger partial charge in [0.1, 0.15) is 0 Å². The highest BCUT2D eigenvalue weighted by atomic mass is 32.1. The summed E-state index contributed by atoms with van der Waals surface area (Å²) in [6.07, 6.45) is 5.98. The van der Waals surface area contributed by atoms with Crippen molar-refractivity contribution in [1.82, 2.24) is 19.7 Å². The van der Waals surface area contributed by atoms with E-state index in [1.807, 2.05) is 30.5 Å².